The summed E-state index contributed by atoms with van der Waals surface area (Å²) in [5, 5.41) is 0. The fourth-order valence-corrected chi connectivity index (χ4v) is 3.16. The summed E-state index contributed by atoms with van der Waals surface area (Å²) >= 11 is 0. The minimum Gasteiger partial charge on any atom is -0.304 e. The molecule has 0 heterocycles. The Morgan fingerprint density at radius 1 is 1.20 bits per heavy atom. The maximum absolute atomic E-state index is 5.73. The smallest absolute Gasteiger partial charge is 0.0263 e. The van der Waals surface area contributed by atoms with Gasteiger partial charge in [0.05, 0.1) is 0 Å². The Hall–Kier alpha value is -0.900. The molecule has 1 aromatic rings. The molecule has 0 saturated heterocycles. The fraction of sp³-hybridized carbons (Fsp3) is 0.647. The zero-order valence-corrected chi connectivity index (χ0v) is 13.0. The maximum atomic E-state index is 5.73. The molecule has 0 spiro atoms. The second-order valence-corrected chi connectivity index (χ2v) is 5.84. The van der Waals surface area contributed by atoms with E-state index in [1.54, 1.807) is 11.1 Å². The van der Waals surface area contributed by atoms with E-state index in [4.69, 9.17) is 5.84 Å². The third-order valence-electron chi connectivity index (χ3n) is 4.57. The van der Waals surface area contributed by atoms with Crippen LogP contribution in [0.4, 0.5) is 0 Å². The normalized spacial score (nSPS) is 15.6. The van der Waals surface area contributed by atoms with E-state index >= 15 is 0 Å². The third kappa shape index (κ3) is 4.05. The zero-order valence-electron chi connectivity index (χ0n) is 13.0. The molecule has 2 rings (SSSR count). The van der Waals surface area contributed by atoms with Crippen LogP contribution in [-0.4, -0.2) is 30.6 Å². The van der Waals surface area contributed by atoms with Crippen LogP contribution in [0, 0.1) is 0 Å². The average molecular weight is 275 g/mol. The van der Waals surface area contributed by atoms with E-state index in [2.05, 4.69) is 42.4 Å². The standard InChI is InChI=1S/C17H29N3/c1-3-20(4-2)11-10-17(19-18)13-14-8-9-15-6-5-7-16(15)12-14/h8-9,12,17,19H,3-7,10-11,13,18H2,1-2H3. The monoisotopic (exact) mass is 275 g/mol. The van der Waals surface area contributed by atoms with Gasteiger partial charge in [0.25, 0.3) is 0 Å². The van der Waals surface area contributed by atoms with Gasteiger partial charge in [-0.1, -0.05) is 32.0 Å². The van der Waals surface area contributed by atoms with Gasteiger partial charge in [0.1, 0.15) is 0 Å². The lowest BCUT2D eigenvalue weighted by Gasteiger charge is -2.22. The van der Waals surface area contributed by atoms with E-state index in [-0.39, 0.29) is 0 Å². The summed E-state index contributed by atoms with van der Waals surface area (Å²) in [5.41, 5.74) is 7.53. The molecule has 3 heteroatoms. The van der Waals surface area contributed by atoms with E-state index < -0.39 is 0 Å². The van der Waals surface area contributed by atoms with Gasteiger partial charge in [-0.3, -0.25) is 11.3 Å². The first-order valence-electron chi connectivity index (χ1n) is 8.06. The zero-order chi connectivity index (χ0) is 14.4. The van der Waals surface area contributed by atoms with Crippen molar-refractivity contribution in [2.24, 2.45) is 5.84 Å². The van der Waals surface area contributed by atoms with Crippen LogP contribution >= 0.6 is 0 Å². The number of nitrogens with two attached hydrogens (primary N) is 1. The van der Waals surface area contributed by atoms with Gasteiger partial charge in [-0.05, 0) is 68.4 Å². The minimum absolute atomic E-state index is 0.370. The lowest BCUT2D eigenvalue weighted by molar-refractivity contribution is 0.281. The molecule has 20 heavy (non-hydrogen) atoms. The molecule has 1 aliphatic carbocycles. The molecule has 112 valence electrons. The van der Waals surface area contributed by atoms with Crippen molar-refractivity contribution in [2.75, 3.05) is 19.6 Å². The van der Waals surface area contributed by atoms with Gasteiger partial charge in [0.2, 0.25) is 0 Å². The van der Waals surface area contributed by atoms with Crippen molar-refractivity contribution in [1.29, 1.82) is 0 Å². The SMILES string of the molecule is CCN(CC)CCC(Cc1ccc2c(c1)CCC2)NN. The van der Waals surface area contributed by atoms with Crippen LogP contribution in [-0.2, 0) is 19.3 Å². The van der Waals surface area contributed by atoms with Crippen LogP contribution in [0.15, 0.2) is 18.2 Å². The molecule has 1 unspecified atom stereocenters. The Kier molecular flexibility index (Phi) is 6.02. The average Bonchev–Trinajstić information content (AvgIpc) is 2.94. The maximum Gasteiger partial charge on any atom is 0.0263 e. The Labute approximate surface area is 123 Å². The summed E-state index contributed by atoms with van der Waals surface area (Å²) in [5.74, 6) is 5.73. The molecular formula is C17H29N3. The van der Waals surface area contributed by atoms with Gasteiger partial charge in [0, 0.05) is 6.04 Å². The van der Waals surface area contributed by atoms with Crippen molar-refractivity contribution < 1.29 is 0 Å². The quantitative estimate of drug-likeness (QED) is 0.565. The first-order chi connectivity index (χ1) is 9.76. The highest BCUT2D eigenvalue weighted by atomic mass is 15.2. The number of fused-ring (bicyclic) bond motifs is 1. The van der Waals surface area contributed by atoms with Gasteiger partial charge in [-0.15, -0.1) is 0 Å². The Morgan fingerprint density at radius 2 is 1.95 bits per heavy atom. The second-order valence-electron chi connectivity index (χ2n) is 5.84. The number of nitrogens with zero attached hydrogens (tertiary/aromatic N) is 1. The Balaban J connectivity index is 1.89. The summed E-state index contributed by atoms with van der Waals surface area (Å²) in [6.45, 7) is 7.79. The first-order valence-corrected chi connectivity index (χ1v) is 8.06. The number of hydrogen-bond acceptors (Lipinski definition) is 3. The highest BCUT2D eigenvalue weighted by Gasteiger charge is 2.14. The van der Waals surface area contributed by atoms with Crippen LogP contribution in [0.25, 0.3) is 0 Å². The molecule has 0 fully saturated rings. The largest absolute Gasteiger partial charge is 0.304 e. The van der Waals surface area contributed by atoms with Crippen molar-refractivity contribution in [1.82, 2.24) is 10.3 Å². The molecule has 3 nitrogen and oxygen atoms in total. The van der Waals surface area contributed by atoms with Gasteiger partial charge >= 0.3 is 0 Å². The van der Waals surface area contributed by atoms with Crippen LogP contribution in [0.3, 0.4) is 0 Å². The van der Waals surface area contributed by atoms with Crippen LogP contribution in [0.1, 0.15) is 43.4 Å². The van der Waals surface area contributed by atoms with Gasteiger partial charge in [-0.2, -0.15) is 0 Å². The molecule has 0 bridgehead atoms. The van der Waals surface area contributed by atoms with E-state index in [0.29, 0.717) is 6.04 Å². The van der Waals surface area contributed by atoms with Gasteiger partial charge in [0.15, 0.2) is 0 Å². The van der Waals surface area contributed by atoms with Crippen molar-refractivity contribution in [3.05, 3.63) is 34.9 Å². The Bertz CT molecular complexity index is 413. The topological polar surface area (TPSA) is 41.3 Å². The summed E-state index contributed by atoms with van der Waals surface area (Å²) in [6.07, 6.45) is 5.97. The fourth-order valence-electron chi connectivity index (χ4n) is 3.16. The molecular weight excluding hydrogens is 246 g/mol. The molecule has 0 amide bonds. The first kappa shape index (κ1) is 15.5. The number of benzene rings is 1. The highest BCUT2D eigenvalue weighted by Crippen LogP contribution is 2.23. The van der Waals surface area contributed by atoms with E-state index in [0.717, 1.165) is 32.5 Å². The molecule has 1 aromatic carbocycles. The molecule has 0 aromatic heterocycles. The molecule has 1 atom stereocenters. The molecule has 3 N–H and O–H groups in total. The van der Waals surface area contributed by atoms with Crippen LogP contribution < -0.4 is 11.3 Å². The van der Waals surface area contributed by atoms with Crippen molar-refractivity contribution in [2.45, 2.75) is 52.0 Å². The number of hydrazine groups is 1. The molecule has 0 radical (unpaired) electrons. The number of nitrogens with one attached hydrogen (secondary N) is 1. The lowest BCUT2D eigenvalue weighted by atomic mass is 9.99. The van der Waals surface area contributed by atoms with Crippen molar-refractivity contribution in [3.63, 3.8) is 0 Å². The second kappa shape index (κ2) is 7.77. The number of rotatable bonds is 8. The predicted molar refractivity (Wildman–Crippen MR) is 85.7 cm³/mol. The molecule has 1 aliphatic rings. The molecule has 0 aliphatic heterocycles. The van der Waals surface area contributed by atoms with Gasteiger partial charge < -0.3 is 4.90 Å². The Morgan fingerprint density at radius 3 is 2.65 bits per heavy atom. The third-order valence-corrected chi connectivity index (χ3v) is 4.57. The minimum atomic E-state index is 0.370. The van der Waals surface area contributed by atoms with Crippen molar-refractivity contribution in [3.8, 4) is 0 Å². The number of hydrogen-bond donors (Lipinski definition) is 2. The summed E-state index contributed by atoms with van der Waals surface area (Å²) in [7, 11) is 0. The van der Waals surface area contributed by atoms with Crippen LogP contribution in [0.2, 0.25) is 0 Å². The number of aryl methyl sites for hydroxylation is 2. The predicted octanol–water partition coefficient (Wildman–Crippen LogP) is 2.28. The van der Waals surface area contributed by atoms with E-state index in [1.165, 1.54) is 24.8 Å². The van der Waals surface area contributed by atoms with Gasteiger partial charge in [-0.25, -0.2) is 0 Å². The van der Waals surface area contributed by atoms with Crippen LogP contribution in [0.5, 0.6) is 0 Å². The van der Waals surface area contributed by atoms with Crippen molar-refractivity contribution >= 4 is 0 Å². The highest BCUT2D eigenvalue weighted by molar-refractivity contribution is 5.35. The lowest BCUT2D eigenvalue weighted by Crippen LogP contribution is -2.39. The summed E-state index contributed by atoms with van der Waals surface area (Å²) < 4.78 is 0. The molecule has 0 saturated carbocycles. The summed E-state index contributed by atoms with van der Waals surface area (Å²) in [6, 6.07) is 7.36. The van der Waals surface area contributed by atoms with E-state index in [1.807, 2.05) is 0 Å². The van der Waals surface area contributed by atoms with E-state index in [9.17, 15) is 0 Å². The summed E-state index contributed by atoms with van der Waals surface area (Å²) in [4.78, 5) is 2.45.